The molecule has 1 atom stereocenters. The van der Waals surface area contributed by atoms with Crippen LogP contribution < -0.4 is 0 Å². The topological polar surface area (TPSA) is 61.8 Å². The first-order chi connectivity index (χ1) is 31.6. The van der Waals surface area contributed by atoms with E-state index in [4.69, 9.17) is 14.2 Å². The van der Waals surface area contributed by atoms with Crippen molar-refractivity contribution in [1.82, 2.24) is 0 Å². The summed E-state index contributed by atoms with van der Waals surface area (Å²) >= 11 is 0. The number of allylic oxidation sites excluding steroid dienone is 25. The van der Waals surface area contributed by atoms with E-state index in [1.165, 1.54) is 0 Å². The Morgan fingerprint density at radius 2 is 0.703 bits per heavy atom. The molecule has 0 fully saturated rings. The van der Waals surface area contributed by atoms with E-state index in [1.807, 2.05) is 12.2 Å². The third-order valence-corrected chi connectivity index (χ3v) is 9.57. The van der Waals surface area contributed by atoms with E-state index >= 15 is 0 Å². The van der Waals surface area contributed by atoms with Crippen molar-refractivity contribution in [1.29, 1.82) is 0 Å². The lowest BCUT2D eigenvalue weighted by Gasteiger charge is -2.18. The summed E-state index contributed by atoms with van der Waals surface area (Å²) in [5, 5.41) is 0. The average molecular weight is 879 g/mol. The molecule has 0 saturated carbocycles. The molecule has 0 aromatic carbocycles. The number of esters is 2. The molecular formula is C59H90O5. The quantitative estimate of drug-likeness (QED) is 0.0347. The van der Waals surface area contributed by atoms with Gasteiger partial charge in [0.2, 0.25) is 0 Å². The van der Waals surface area contributed by atoms with Gasteiger partial charge in [-0.1, -0.05) is 198 Å². The predicted molar refractivity (Wildman–Crippen MR) is 278 cm³/mol. The largest absolute Gasteiger partial charge is 0.462 e. The predicted octanol–water partition coefficient (Wildman–Crippen LogP) is 17.1. The number of carbonyl (C=O) groups excluding carboxylic acids is 2. The molecule has 356 valence electrons. The normalized spacial score (nSPS) is 13.6. The lowest BCUT2D eigenvalue weighted by Crippen LogP contribution is -2.29. The van der Waals surface area contributed by atoms with Gasteiger partial charge in [-0.3, -0.25) is 9.59 Å². The van der Waals surface area contributed by atoms with Gasteiger partial charge in [-0.25, -0.2) is 0 Å². The number of hydrogen-bond donors (Lipinski definition) is 0. The van der Waals surface area contributed by atoms with E-state index in [9.17, 15) is 9.59 Å². The molecule has 0 amide bonds. The summed E-state index contributed by atoms with van der Waals surface area (Å²) in [7, 11) is 0. The summed E-state index contributed by atoms with van der Waals surface area (Å²) in [6.45, 7) is 7.24. The number of unbranched alkanes of at least 4 members (excludes halogenated alkanes) is 7. The van der Waals surface area contributed by atoms with E-state index < -0.39 is 6.10 Å². The zero-order chi connectivity index (χ0) is 46.3. The van der Waals surface area contributed by atoms with Crippen molar-refractivity contribution in [3.05, 3.63) is 158 Å². The van der Waals surface area contributed by atoms with Crippen LogP contribution in [0, 0.1) is 0 Å². The molecule has 0 heterocycles. The highest BCUT2D eigenvalue weighted by molar-refractivity contribution is 5.71. The van der Waals surface area contributed by atoms with E-state index in [0.717, 1.165) is 141 Å². The van der Waals surface area contributed by atoms with Gasteiger partial charge < -0.3 is 14.2 Å². The molecule has 64 heavy (non-hydrogen) atoms. The van der Waals surface area contributed by atoms with E-state index in [2.05, 4.69) is 167 Å². The first kappa shape index (κ1) is 59.5. The molecular weight excluding hydrogens is 789 g/mol. The van der Waals surface area contributed by atoms with Crippen LogP contribution >= 0.6 is 0 Å². The first-order valence-corrected chi connectivity index (χ1v) is 25.0. The number of carbonyl (C=O) groups is 2. The molecule has 0 aliphatic heterocycles. The van der Waals surface area contributed by atoms with Crippen molar-refractivity contribution in [2.24, 2.45) is 0 Å². The van der Waals surface area contributed by atoms with Gasteiger partial charge in [-0.2, -0.15) is 0 Å². The minimum Gasteiger partial charge on any atom is -0.462 e. The molecule has 0 aliphatic rings. The van der Waals surface area contributed by atoms with Crippen molar-refractivity contribution in [2.45, 2.75) is 181 Å². The zero-order valence-electron chi connectivity index (χ0n) is 40.7. The highest BCUT2D eigenvalue weighted by atomic mass is 16.6. The standard InChI is InChI=1S/C59H90O5/c1-4-7-10-13-16-19-22-25-28-30-32-34-37-40-43-46-49-52-58(60)63-56-57(55-62-54-51-48-45-42-39-36-33-29-26-23-20-17-14-11-8-5-2)64-59(61)53-50-47-44-41-38-35-31-27-24-21-18-15-12-9-6-3/h7-12,16-21,25-29,31-32,34,36,38-39,41,47,50,57H,4-6,13-15,22-24,30,33,35,37,40,42-46,48-49,51-56H2,1-3H3/b10-7-,11-8-,12-9-,19-16-,20-17-,21-18-,28-25-,29-26-,31-27-,34-32-,39-36-,41-38-,50-47-. The molecule has 5 nitrogen and oxygen atoms in total. The summed E-state index contributed by atoms with van der Waals surface area (Å²) in [4.78, 5) is 25.3. The Hall–Kier alpha value is -4.48. The third-order valence-electron chi connectivity index (χ3n) is 9.57. The second-order valence-electron chi connectivity index (χ2n) is 15.6. The number of hydrogen-bond acceptors (Lipinski definition) is 5. The zero-order valence-corrected chi connectivity index (χ0v) is 40.7. The van der Waals surface area contributed by atoms with Crippen LogP contribution in [0.3, 0.4) is 0 Å². The maximum absolute atomic E-state index is 12.7. The van der Waals surface area contributed by atoms with Crippen LogP contribution in [-0.4, -0.2) is 37.9 Å². The Balaban J connectivity index is 4.54. The highest BCUT2D eigenvalue weighted by Crippen LogP contribution is 2.09. The Morgan fingerprint density at radius 1 is 0.359 bits per heavy atom. The van der Waals surface area contributed by atoms with Gasteiger partial charge >= 0.3 is 11.9 Å². The second-order valence-corrected chi connectivity index (χ2v) is 15.6. The summed E-state index contributed by atoms with van der Waals surface area (Å²) in [6, 6.07) is 0. The SMILES string of the molecule is CC/C=C\C/C=C\C/C=C\C/C=C\C/C=C\CC(=O)OC(COCCCCC/C=C\C/C=C\C/C=C\C/C=C\CC)COC(=O)CCCCCC/C=C\C/C=C\C/C=C\C/C=C\CC. The van der Waals surface area contributed by atoms with Crippen molar-refractivity contribution in [3.8, 4) is 0 Å². The van der Waals surface area contributed by atoms with E-state index in [0.29, 0.717) is 13.0 Å². The molecule has 5 heteroatoms. The monoisotopic (exact) mass is 879 g/mol. The van der Waals surface area contributed by atoms with Crippen molar-refractivity contribution in [2.75, 3.05) is 19.8 Å². The van der Waals surface area contributed by atoms with E-state index in [1.54, 1.807) is 0 Å². The van der Waals surface area contributed by atoms with Crippen molar-refractivity contribution >= 4 is 11.9 Å². The molecule has 0 bridgehead atoms. The maximum Gasteiger partial charge on any atom is 0.310 e. The molecule has 0 aliphatic carbocycles. The lowest BCUT2D eigenvalue weighted by molar-refractivity contribution is -0.162. The fourth-order valence-electron chi connectivity index (χ4n) is 5.98. The summed E-state index contributed by atoms with van der Waals surface area (Å²) < 4.78 is 17.2. The van der Waals surface area contributed by atoms with Crippen molar-refractivity contribution in [3.63, 3.8) is 0 Å². The smallest absolute Gasteiger partial charge is 0.310 e. The average Bonchev–Trinajstić information content (AvgIpc) is 3.30. The highest BCUT2D eigenvalue weighted by Gasteiger charge is 2.17. The van der Waals surface area contributed by atoms with Crippen LogP contribution in [0.25, 0.3) is 0 Å². The van der Waals surface area contributed by atoms with Crippen molar-refractivity contribution < 1.29 is 23.8 Å². The lowest BCUT2D eigenvalue weighted by atomic mass is 10.1. The molecule has 0 radical (unpaired) electrons. The van der Waals surface area contributed by atoms with Gasteiger partial charge in [0, 0.05) is 13.0 Å². The van der Waals surface area contributed by atoms with Gasteiger partial charge in [-0.05, 0) is 122 Å². The molecule has 0 N–H and O–H groups in total. The molecule has 0 saturated heterocycles. The van der Waals surface area contributed by atoms with Gasteiger partial charge in [0.25, 0.3) is 0 Å². The Labute approximate surface area is 393 Å². The van der Waals surface area contributed by atoms with Gasteiger partial charge in [-0.15, -0.1) is 0 Å². The summed E-state index contributed by atoms with van der Waals surface area (Å²) in [5.41, 5.74) is 0. The Bertz CT molecular complexity index is 1460. The third kappa shape index (κ3) is 50.2. The van der Waals surface area contributed by atoms with Crippen LogP contribution in [0.15, 0.2) is 158 Å². The first-order valence-electron chi connectivity index (χ1n) is 25.0. The summed E-state index contributed by atoms with van der Waals surface area (Å²) in [5.74, 6) is -0.606. The van der Waals surface area contributed by atoms with Crippen LogP contribution in [0.1, 0.15) is 175 Å². The Morgan fingerprint density at radius 3 is 1.11 bits per heavy atom. The fraction of sp³-hybridized carbons (Fsp3) is 0.525. The van der Waals surface area contributed by atoms with Crippen LogP contribution in [-0.2, 0) is 23.8 Å². The summed E-state index contributed by atoms with van der Waals surface area (Å²) in [6.07, 6.45) is 78.5. The van der Waals surface area contributed by atoms with E-state index in [-0.39, 0.29) is 31.6 Å². The minimum atomic E-state index is -0.630. The minimum absolute atomic E-state index is 0.00784. The molecule has 0 rings (SSSR count). The Kier molecular flexibility index (Phi) is 49.2. The van der Waals surface area contributed by atoms with Gasteiger partial charge in [0.1, 0.15) is 6.61 Å². The number of rotatable bonds is 43. The molecule has 1 unspecified atom stereocenters. The van der Waals surface area contributed by atoms with Gasteiger partial charge in [0.05, 0.1) is 13.0 Å². The van der Waals surface area contributed by atoms with Gasteiger partial charge in [0.15, 0.2) is 6.10 Å². The molecule has 0 aromatic heterocycles. The number of ether oxygens (including phenoxy) is 3. The van der Waals surface area contributed by atoms with Crippen LogP contribution in [0.5, 0.6) is 0 Å². The second kappa shape index (κ2) is 52.9. The molecule has 0 aromatic rings. The van der Waals surface area contributed by atoms with Crippen LogP contribution in [0.4, 0.5) is 0 Å². The fourth-order valence-corrected chi connectivity index (χ4v) is 5.98. The molecule has 0 spiro atoms. The van der Waals surface area contributed by atoms with Crippen LogP contribution in [0.2, 0.25) is 0 Å². The maximum atomic E-state index is 12.7.